The predicted molar refractivity (Wildman–Crippen MR) is 145 cm³/mol. The van der Waals surface area contributed by atoms with Gasteiger partial charge in [0.05, 0.1) is 43.4 Å². The van der Waals surface area contributed by atoms with E-state index in [0.29, 0.717) is 17.6 Å². The van der Waals surface area contributed by atoms with Crippen LogP contribution in [-0.2, 0) is 22.5 Å². The van der Waals surface area contributed by atoms with Gasteiger partial charge in [-0.25, -0.2) is 17.9 Å². The van der Waals surface area contributed by atoms with E-state index in [2.05, 4.69) is 41.4 Å². The number of benzene rings is 1. The van der Waals surface area contributed by atoms with Crippen LogP contribution in [0.5, 0.6) is 11.6 Å². The molecule has 37 heavy (non-hydrogen) atoms. The molecule has 0 bridgehead atoms. The first-order chi connectivity index (χ1) is 17.3. The van der Waals surface area contributed by atoms with Gasteiger partial charge in [-0.05, 0) is 29.9 Å². The molecule has 10 nitrogen and oxygen atoms in total. The van der Waals surface area contributed by atoms with Crippen LogP contribution in [0.3, 0.4) is 0 Å². The van der Waals surface area contributed by atoms with Crippen LogP contribution < -0.4 is 24.8 Å². The summed E-state index contributed by atoms with van der Waals surface area (Å²) in [7, 11) is 1.58. The number of sulfonamides is 1. The van der Waals surface area contributed by atoms with Gasteiger partial charge in [-0.3, -0.25) is 4.98 Å². The average molecular weight is 530 g/mol. The number of aryl methyl sites for hydroxylation is 1. The maximum atomic E-state index is 12.2. The van der Waals surface area contributed by atoms with Gasteiger partial charge in [-0.2, -0.15) is 4.98 Å². The second-order valence-electron chi connectivity index (χ2n) is 10.6. The number of anilines is 1. The predicted octanol–water partition coefficient (Wildman–Crippen LogP) is 2.69. The number of methoxy groups -OCH3 is 2. The first-order valence-electron chi connectivity index (χ1n) is 12.1. The standard InChI is InChI=1S/C26H35N5O5S/c1-26(2,3)21-11-18(20-15-30(4)25(32)29-24(20)36-6)22-19(23(21)35-5)10-17(13-27-22)31-9-8-16(14-31)12-28-37(7,33)34/h10-11,13,15-16,28H,8-9,12,14H2,1-7H3. The Kier molecular flexibility index (Phi) is 7.22. The molecule has 1 unspecified atom stereocenters. The molecule has 0 amide bonds. The lowest BCUT2D eigenvalue weighted by Crippen LogP contribution is -2.30. The van der Waals surface area contributed by atoms with Crippen molar-refractivity contribution in [1.82, 2.24) is 19.3 Å². The van der Waals surface area contributed by atoms with Gasteiger partial charge < -0.3 is 18.9 Å². The third-order valence-corrected chi connectivity index (χ3v) is 7.43. The van der Waals surface area contributed by atoms with Crippen LogP contribution in [0.2, 0.25) is 0 Å². The molecule has 1 fully saturated rings. The summed E-state index contributed by atoms with van der Waals surface area (Å²) in [6, 6.07) is 4.12. The van der Waals surface area contributed by atoms with Crippen molar-refractivity contribution in [2.75, 3.05) is 45.0 Å². The van der Waals surface area contributed by atoms with Crippen LogP contribution in [0, 0.1) is 5.92 Å². The Labute approximate surface area is 217 Å². The van der Waals surface area contributed by atoms with Gasteiger partial charge in [0.1, 0.15) is 5.75 Å². The van der Waals surface area contributed by atoms with Crippen molar-refractivity contribution in [3.05, 3.63) is 40.6 Å². The van der Waals surface area contributed by atoms with Crippen molar-refractivity contribution in [1.29, 1.82) is 0 Å². The van der Waals surface area contributed by atoms with E-state index in [1.807, 2.05) is 12.3 Å². The number of hydrogen-bond donors (Lipinski definition) is 1. The molecule has 1 aromatic carbocycles. The number of hydrogen-bond acceptors (Lipinski definition) is 8. The molecule has 0 aliphatic carbocycles. The van der Waals surface area contributed by atoms with E-state index in [1.165, 1.54) is 17.9 Å². The fourth-order valence-corrected chi connectivity index (χ4v) is 5.33. The van der Waals surface area contributed by atoms with E-state index in [1.54, 1.807) is 20.4 Å². The Morgan fingerprint density at radius 2 is 1.89 bits per heavy atom. The monoisotopic (exact) mass is 529 g/mol. The molecule has 0 saturated carbocycles. The number of pyridine rings is 1. The van der Waals surface area contributed by atoms with Crippen LogP contribution in [0.1, 0.15) is 32.8 Å². The molecule has 1 aliphatic rings. The Balaban J connectivity index is 1.87. The summed E-state index contributed by atoms with van der Waals surface area (Å²) < 4.78 is 38.5. The molecule has 3 heterocycles. The molecular weight excluding hydrogens is 494 g/mol. The van der Waals surface area contributed by atoms with Gasteiger partial charge in [0.2, 0.25) is 15.9 Å². The van der Waals surface area contributed by atoms with Gasteiger partial charge in [-0.15, -0.1) is 0 Å². The second kappa shape index (κ2) is 9.94. The third kappa shape index (κ3) is 5.57. The van der Waals surface area contributed by atoms with Gasteiger partial charge in [-0.1, -0.05) is 20.8 Å². The van der Waals surface area contributed by atoms with E-state index < -0.39 is 15.7 Å². The second-order valence-corrected chi connectivity index (χ2v) is 12.5. The Morgan fingerprint density at radius 1 is 1.16 bits per heavy atom. The smallest absolute Gasteiger partial charge is 0.350 e. The topological polar surface area (TPSA) is 116 Å². The summed E-state index contributed by atoms with van der Waals surface area (Å²) in [4.78, 5) is 23.4. The summed E-state index contributed by atoms with van der Waals surface area (Å²) in [6.45, 7) is 8.30. The van der Waals surface area contributed by atoms with Crippen molar-refractivity contribution in [3.8, 4) is 22.8 Å². The number of rotatable bonds is 7. The third-order valence-electron chi connectivity index (χ3n) is 6.74. The highest BCUT2D eigenvalue weighted by Gasteiger charge is 2.28. The zero-order chi connectivity index (χ0) is 27.1. The van der Waals surface area contributed by atoms with Gasteiger partial charge in [0.15, 0.2) is 0 Å². The molecule has 1 aliphatic heterocycles. The van der Waals surface area contributed by atoms with Crippen LogP contribution in [0.15, 0.2) is 29.3 Å². The summed E-state index contributed by atoms with van der Waals surface area (Å²) in [5.74, 6) is 1.19. The molecule has 11 heteroatoms. The minimum absolute atomic E-state index is 0.213. The fourth-order valence-electron chi connectivity index (χ4n) is 4.79. The Hall–Kier alpha value is -3.18. The lowest BCUT2D eigenvalue weighted by Gasteiger charge is -2.26. The van der Waals surface area contributed by atoms with E-state index in [4.69, 9.17) is 14.5 Å². The van der Waals surface area contributed by atoms with E-state index in [9.17, 15) is 13.2 Å². The minimum atomic E-state index is -3.23. The zero-order valence-electron chi connectivity index (χ0n) is 22.5. The number of ether oxygens (including phenoxy) is 2. The number of nitrogens with one attached hydrogen (secondary N) is 1. The summed E-state index contributed by atoms with van der Waals surface area (Å²) in [6.07, 6.45) is 5.61. The van der Waals surface area contributed by atoms with Crippen LogP contribution in [0.4, 0.5) is 5.69 Å². The van der Waals surface area contributed by atoms with E-state index >= 15 is 0 Å². The van der Waals surface area contributed by atoms with Crippen LogP contribution in [-0.4, -0.2) is 63.1 Å². The van der Waals surface area contributed by atoms with E-state index in [0.717, 1.165) is 47.5 Å². The van der Waals surface area contributed by atoms with Gasteiger partial charge in [0, 0.05) is 49.4 Å². The number of aromatic nitrogens is 3. The highest BCUT2D eigenvalue weighted by Crippen LogP contribution is 2.44. The van der Waals surface area contributed by atoms with Crippen molar-refractivity contribution in [2.45, 2.75) is 32.6 Å². The molecule has 2 aromatic heterocycles. The first kappa shape index (κ1) is 26.9. The van der Waals surface area contributed by atoms with Gasteiger partial charge >= 0.3 is 5.69 Å². The fraction of sp³-hybridized carbons (Fsp3) is 0.500. The summed E-state index contributed by atoms with van der Waals surface area (Å²) in [5.41, 5.74) is 3.45. The Bertz CT molecular complexity index is 1490. The first-order valence-corrected chi connectivity index (χ1v) is 14.0. The van der Waals surface area contributed by atoms with Crippen LogP contribution in [0.25, 0.3) is 22.0 Å². The van der Waals surface area contributed by atoms with Crippen molar-refractivity contribution < 1.29 is 17.9 Å². The maximum absolute atomic E-state index is 12.2. The molecule has 200 valence electrons. The minimum Gasteiger partial charge on any atom is -0.496 e. The quantitative estimate of drug-likeness (QED) is 0.497. The molecule has 4 rings (SSSR count). The molecular formula is C26H35N5O5S. The zero-order valence-corrected chi connectivity index (χ0v) is 23.3. The van der Waals surface area contributed by atoms with Gasteiger partial charge in [0.25, 0.3) is 0 Å². The molecule has 1 atom stereocenters. The SMILES string of the molecule is COc1nc(=O)n(C)cc1-c1cc(C(C)(C)C)c(OC)c2cc(N3CCC(CNS(C)(=O)=O)C3)cnc12. The maximum Gasteiger partial charge on any atom is 0.350 e. The highest BCUT2D eigenvalue weighted by atomic mass is 32.2. The lowest BCUT2D eigenvalue weighted by atomic mass is 9.83. The summed E-state index contributed by atoms with van der Waals surface area (Å²) in [5, 5.41) is 0.844. The lowest BCUT2D eigenvalue weighted by molar-refractivity contribution is 0.395. The van der Waals surface area contributed by atoms with Crippen LogP contribution >= 0.6 is 0 Å². The molecule has 0 spiro atoms. The molecule has 1 N–H and O–H groups in total. The molecule has 1 saturated heterocycles. The average Bonchev–Trinajstić information content (AvgIpc) is 3.31. The Morgan fingerprint density at radius 3 is 2.51 bits per heavy atom. The largest absolute Gasteiger partial charge is 0.496 e. The highest BCUT2D eigenvalue weighted by molar-refractivity contribution is 7.88. The van der Waals surface area contributed by atoms with Crippen molar-refractivity contribution in [2.24, 2.45) is 13.0 Å². The molecule has 0 radical (unpaired) electrons. The van der Waals surface area contributed by atoms with Crippen molar-refractivity contribution >= 4 is 26.6 Å². The summed E-state index contributed by atoms with van der Waals surface area (Å²) >= 11 is 0. The van der Waals surface area contributed by atoms with E-state index in [-0.39, 0.29) is 17.2 Å². The van der Waals surface area contributed by atoms with Crippen molar-refractivity contribution in [3.63, 3.8) is 0 Å². The molecule has 3 aromatic rings. The number of fused-ring (bicyclic) bond motifs is 1. The normalized spacial score (nSPS) is 16.4. The number of nitrogens with zero attached hydrogens (tertiary/aromatic N) is 4.